The molecule has 21 heavy (non-hydrogen) atoms. The van der Waals surface area contributed by atoms with Crippen LogP contribution in [0.4, 0.5) is 8.78 Å². The van der Waals surface area contributed by atoms with E-state index in [0.717, 1.165) is 4.88 Å². The fourth-order valence-corrected chi connectivity index (χ4v) is 2.60. The van der Waals surface area contributed by atoms with Crippen LogP contribution in [0.2, 0.25) is 0 Å². The van der Waals surface area contributed by atoms with Crippen LogP contribution in [0.1, 0.15) is 28.5 Å². The van der Waals surface area contributed by atoms with Gasteiger partial charge in [-0.3, -0.25) is 5.32 Å². The van der Waals surface area contributed by atoms with Crippen molar-refractivity contribution >= 4 is 17.3 Å². The molecule has 0 aliphatic rings. The van der Waals surface area contributed by atoms with Crippen LogP contribution in [0.3, 0.4) is 0 Å². The van der Waals surface area contributed by atoms with Crippen LogP contribution in [-0.4, -0.2) is 13.1 Å². The second kappa shape index (κ2) is 7.28. The Bertz CT molecular complexity index is 587. The van der Waals surface area contributed by atoms with Crippen molar-refractivity contribution in [3.63, 3.8) is 0 Å². The molecule has 0 bridgehead atoms. The summed E-state index contributed by atoms with van der Waals surface area (Å²) >= 11 is 1.55. The van der Waals surface area contributed by atoms with E-state index in [2.05, 4.69) is 5.32 Å². The number of benzene rings is 1. The van der Waals surface area contributed by atoms with E-state index in [1.54, 1.807) is 17.4 Å². The predicted molar refractivity (Wildman–Crippen MR) is 77.3 cm³/mol. The maximum absolute atomic E-state index is 12.8. The SMILES string of the molecule is COC(=O)C(NCc1cccs1)c1cccc(C(F)F)c1. The maximum atomic E-state index is 12.8. The van der Waals surface area contributed by atoms with E-state index in [1.165, 1.54) is 25.3 Å². The lowest BCUT2D eigenvalue weighted by Gasteiger charge is -2.17. The third-order valence-electron chi connectivity index (χ3n) is 2.99. The van der Waals surface area contributed by atoms with E-state index >= 15 is 0 Å². The molecule has 0 saturated heterocycles. The number of carbonyl (C=O) groups excluding carboxylic acids is 1. The highest BCUT2D eigenvalue weighted by Gasteiger charge is 2.22. The Balaban J connectivity index is 2.19. The molecule has 0 spiro atoms. The van der Waals surface area contributed by atoms with Gasteiger partial charge in [0.05, 0.1) is 7.11 Å². The number of carbonyl (C=O) groups is 1. The average molecular weight is 311 g/mol. The summed E-state index contributed by atoms with van der Waals surface area (Å²) in [5.41, 5.74) is 0.357. The topological polar surface area (TPSA) is 38.3 Å². The van der Waals surface area contributed by atoms with Crippen LogP contribution in [0.5, 0.6) is 0 Å². The number of alkyl halides is 2. The Morgan fingerprint density at radius 2 is 2.05 bits per heavy atom. The Kier molecular flexibility index (Phi) is 5.41. The molecule has 112 valence electrons. The van der Waals surface area contributed by atoms with Gasteiger partial charge in [0.2, 0.25) is 0 Å². The monoisotopic (exact) mass is 311 g/mol. The fourth-order valence-electron chi connectivity index (χ4n) is 1.95. The molecular weight excluding hydrogens is 296 g/mol. The number of methoxy groups -OCH3 is 1. The van der Waals surface area contributed by atoms with Crippen LogP contribution in [0, 0.1) is 0 Å². The molecule has 1 N–H and O–H groups in total. The summed E-state index contributed by atoms with van der Waals surface area (Å²) in [5.74, 6) is -0.502. The van der Waals surface area contributed by atoms with Gasteiger partial charge in [0.1, 0.15) is 6.04 Å². The minimum atomic E-state index is -2.57. The first-order valence-corrected chi connectivity index (χ1v) is 7.21. The fraction of sp³-hybridized carbons (Fsp3) is 0.267. The molecule has 2 rings (SSSR count). The van der Waals surface area contributed by atoms with E-state index in [9.17, 15) is 13.6 Å². The van der Waals surface area contributed by atoms with E-state index in [0.29, 0.717) is 12.1 Å². The van der Waals surface area contributed by atoms with Crippen molar-refractivity contribution in [2.75, 3.05) is 7.11 Å². The normalized spacial score (nSPS) is 12.4. The number of ether oxygens (including phenoxy) is 1. The van der Waals surface area contributed by atoms with E-state index in [1.807, 2.05) is 17.5 Å². The standard InChI is InChI=1S/C15H15F2NO2S/c1-20-15(19)13(18-9-12-6-3-7-21-12)10-4-2-5-11(8-10)14(16)17/h2-8,13-14,18H,9H2,1H3. The van der Waals surface area contributed by atoms with Gasteiger partial charge in [0.25, 0.3) is 6.43 Å². The quantitative estimate of drug-likeness (QED) is 0.827. The molecule has 1 aromatic heterocycles. The highest BCUT2D eigenvalue weighted by Crippen LogP contribution is 2.23. The summed E-state index contributed by atoms with van der Waals surface area (Å²) in [5, 5.41) is 4.98. The summed E-state index contributed by atoms with van der Waals surface area (Å²) in [6.07, 6.45) is -2.57. The Labute approximate surface area is 125 Å². The Morgan fingerprint density at radius 3 is 2.67 bits per heavy atom. The summed E-state index contributed by atoms with van der Waals surface area (Å²) in [4.78, 5) is 12.9. The van der Waals surface area contributed by atoms with Crippen molar-refractivity contribution in [1.82, 2.24) is 5.32 Å². The molecule has 0 aliphatic carbocycles. The molecular formula is C15H15F2NO2S. The van der Waals surface area contributed by atoms with Crippen LogP contribution >= 0.6 is 11.3 Å². The smallest absolute Gasteiger partial charge is 0.327 e. The number of nitrogens with one attached hydrogen (secondary N) is 1. The molecule has 0 radical (unpaired) electrons. The van der Waals surface area contributed by atoms with Crippen molar-refractivity contribution in [1.29, 1.82) is 0 Å². The van der Waals surface area contributed by atoms with Gasteiger partial charge < -0.3 is 4.74 Å². The van der Waals surface area contributed by atoms with Crippen molar-refractivity contribution in [3.05, 3.63) is 57.8 Å². The summed E-state index contributed by atoms with van der Waals surface area (Å²) < 4.78 is 30.3. The molecule has 0 aliphatic heterocycles. The van der Waals surface area contributed by atoms with Gasteiger partial charge in [0, 0.05) is 17.0 Å². The molecule has 2 aromatic rings. The van der Waals surface area contributed by atoms with Crippen LogP contribution in [0.15, 0.2) is 41.8 Å². The first-order valence-electron chi connectivity index (χ1n) is 6.33. The number of esters is 1. The van der Waals surface area contributed by atoms with Gasteiger partial charge in [-0.25, -0.2) is 13.6 Å². The molecule has 1 unspecified atom stereocenters. The van der Waals surface area contributed by atoms with Crippen LogP contribution in [0.25, 0.3) is 0 Å². The zero-order valence-electron chi connectivity index (χ0n) is 11.4. The number of hydrogen-bond donors (Lipinski definition) is 1. The minimum absolute atomic E-state index is 0.112. The van der Waals surface area contributed by atoms with E-state index in [4.69, 9.17) is 4.74 Å². The third-order valence-corrected chi connectivity index (χ3v) is 3.87. The van der Waals surface area contributed by atoms with Crippen LogP contribution in [-0.2, 0) is 16.1 Å². The van der Waals surface area contributed by atoms with Gasteiger partial charge in [-0.15, -0.1) is 11.3 Å². The molecule has 1 aromatic carbocycles. The van der Waals surface area contributed by atoms with Crippen molar-refractivity contribution in [2.24, 2.45) is 0 Å². The lowest BCUT2D eigenvalue weighted by Crippen LogP contribution is -2.29. The lowest BCUT2D eigenvalue weighted by molar-refractivity contribution is -0.143. The first kappa shape index (κ1) is 15.6. The van der Waals surface area contributed by atoms with Gasteiger partial charge in [-0.05, 0) is 23.1 Å². The Morgan fingerprint density at radius 1 is 1.29 bits per heavy atom. The molecule has 1 atom stereocenters. The lowest BCUT2D eigenvalue weighted by atomic mass is 10.0. The molecule has 0 amide bonds. The van der Waals surface area contributed by atoms with Gasteiger partial charge in [0.15, 0.2) is 0 Å². The number of hydrogen-bond acceptors (Lipinski definition) is 4. The zero-order valence-corrected chi connectivity index (χ0v) is 12.2. The highest BCUT2D eigenvalue weighted by atomic mass is 32.1. The highest BCUT2D eigenvalue weighted by molar-refractivity contribution is 7.09. The number of thiophene rings is 1. The minimum Gasteiger partial charge on any atom is -0.468 e. The average Bonchev–Trinajstić information content (AvgIpc) is 3.00. The summed E-state index contributed by atoms with van der Waals surface area (Å²) in [6.45, 7) is 0.469. The maximum Gasteiger partial charge on any atom is 0.327 e. The molecule has 6 heteroatoms. The second-order valence-corrected chi connectivity index (χ2v) is 5.42. The number of halogens is 2. The van der Waals surface area contributed by atoms with Crippen molar-refractivity contribution < 1.29 is 18.3 Å². The van der Waals surface area contributed by atoms with E-state index < -0.39 is 18.4 Å². The predicted octanol–water partition coefficient (Wildman–Crippen LogP) is 3.69. The van der Waals surface area contributed by atoms with E-state index in [-0.39, 0.29) is 5.56 Å². The largest absolute Gasteiger partial charge is 0.468 e. The summed E-state index contributed by atoms with van der Waals surface area (Å²) in [6, 6.07) is 8.88. The van der Waals surface area contributed by atoms with Crippen molar-refractivity contribution in [2.45, 2.75) is 19.0 Å². The van der Waals surface area contributed by atoms with Gasteiger partial charge >= 0.3 is 5.97 Å². The van der Waals surface area contributed by atoms with Crippen molar-refractivity contribution in [3.8, 4) is 0 Å². The van der Waals surface area contributed by atoms with Gasteiger partial charge in [-0.1, -0.05) is 24.3 Å². The zero-order chi connectivity index (χ0) is 15.2. The second-order valence-electron chi connectivity index (χ2n) is 4.39. The third kappa shape index (κ3) is 4.09. The molecule has 0 saturated carbocycles. The van der Waals surface area contributed by atoms with Crippen LogP contribution < -0.4 is 5.32 Å². The molecule has 0 fully saturated rings. The molecule has 1 heterocycles. The Hall–Kier alpha value is -1.79. The molecule has 3 nitrogen and oxygen atoms in total. The first-order chi connectivity index (χ1) is 10.1. The summed E-state index contributed by atoms with van der Waals surface area (Å²) in [7, 11) is 1.28. The number of rotatable bonds is 6. The van der Waals surface area contributed by atoms with Gasteiger partial charge in [-0.2, -0.15) is 0 Å².